The van der Waals surface area contributed by atoms with Crippen molar-refractivity contribution in [2.45, 2.75) is 19.6 Å². The number of allylic oxidation sites excluding steroid dienone is 1. The van der Waals surface area contributed by atoms with Gasteiger partial charge in [0.2, 0.25) is 5.95 Å². The van der Waals surface area contributed by atoms with Gasteiger partial charge in [-0.25, -0.2) is 4.68 Å². The number of fused-ring (bicyclic) bond motifs is 1. The number of anilines is 2. The van der Waals surface area contributed by atoms with Crippen molar-refractivity contribution in [3.8, 4) is 5.75 Å². The first kappa shape index (κ1) is 24.2. The van der Waals surface area contributed by atoms with Gasteiger partial charge in [0.15, 0.2) is 0 Å². The van der Waals surface area contributed by atoms with Gasteiger partial charge in [-0.15, -0.1) is 0 Å². The van der Waals surface area contributed by atoms with Gasteiger partial charge in [-0.05, 0) is 61.0 Å². The number of hydrogen-bond donors (Lipinski definition) is 2. The number of amides is 1. The Hall–Kier alpha value is -3.52. The topological polar surface area (TPSA) is 81.1 Å². The molecule has 3 aromatic carbocycles. The van der Waals surface area contributed by atoms with Crippen LogP contribution < -0.4 is 15.4 Å². The fourth-order valence-electron chi connectivity index (χ4n) is 4.00. The van der Waals surface area contributed by atoms with Crippen LogP contribution in [0.3, 0.4) is 0 Å². The highest BCUT2D eigenvalue weighted by molar-refractivity contribution is 6.36. The summed E-state index contributed by atoms with van der Waals surface area (Å²) < 4.78 is 7.60. The van der Waals surface area contributed by atoms with E-state index < -0.39 is 6.04 Å². The zero-order chi connectivity index (χ0) is 25.2. The van der Waals surface area contributed by atoms with E-state index in [4.69, 9.17) is 39.5 Å². The maximum atomic E-state index is 13.4. The third-order valence-corrected chi connectivity index (χ3v) is 6.74. The van der Waals surface area contributed by atoms with Crippen molar-refractivity contribution in [1.82, 2.24) is 14.8 Å². The van der Waals surface area contributed by atoms with Gasteiger partial charge in [0.1, 0.15) is 24.7 Å². The van der Waals surface area contributed by atoms with Crippen LogP contribution in [-0.4, -0.2) is 20.7 Å². The molecule has 4 aromatic rings. The lowest BCUT2D eigenvalue weighted by atomic mass is 9.95. The molecule has 0 saturated carbocycles. The number of carbonyl (C=O) groups is 1. The van der Waals surface area contributed by atoms with Crippen LogP contribution in [0.25, 0.3) is 0 Å². The summed E-state index contributed by atoms with van der Waals surface area (Å²) in [6.45, 7) is 2.07. The Kier molecular flexibility index (Phi) is 6.87. The molecule has 7 nitrogen and oxygen atoms in total. The zero-order valence-corrected chi connectivity index (χ0v) is 21.3. The predicted octanol–water partition coefficient (Wildman–Crippen LogP) is 6.74. The van der Waals surface area contributed by atoms with Crippen molar-refractivity contribution < 1.29 is 9.53 Å². The van der Waals surface area contributed by atoms with Gasteiger partial charge in [0.25, 0.3) is 5.91 Å². The average molecular weight is 541 g/mol. The van der Waals surface area contributed by atoms with Crippen LogP contribution >= 0.6 is 34.8 Å². The van der Waals surface area contributed by atoms with Crippen molar-refractivity contribution in [1.29, 1.82) is 0 Å². The lowest BCUT2D eigenvalue weighted by Crippen LogP contribution is -2.31. The van der Waals surface area contributed by atoms with E-state index in [1.807, 2.05) is 31.2 Å². The average Bonchev–Trinajstić information content (AvgIpc) is 3.33. The van der Waals surface area contributed by atoms with Crippen LogP contribution in [0.15, 0.2) is 84.3 Å². The molecule has 1 amide bonds. The van der Waals surface area contributed by atoms with E-state index in [1.165, 1.54) is 6.33 Å². The fourth-order valence-corrected chi connectivity index (χ4v) is 4.63. The second-order valence-electron chi connectivity index (χ2n) is 8.11. The Labute approximate surface area is 222 Å². The second kappa shape index (κ2) is 10.2. The van der Waals surface area contributed by atoms with E-state index in [2.05, 4.69) is 20.7 Å². The summed E-state index contributed by atoms with van der Waals surface area (Å²) >= 11 is 18.5. The Morgan fingerprint density at radius 2 is 1.72 bits per heavy atom. The highest BCUT2D eigenvalue weighted by atomic mass is 35.5. The van der Waals surface area contributed by atoms with Crippen molar-refractivity contribution in [3.63, 3.8) is 0 Å². The molecule has 36 heavy (non-hydrogen) atoms. The molecular weight excluding hydrogens is 521 g/mol. The maximum absolute atomic E-state index is 13.4. The number of nitrogens with zero attached hydrogens (tertiary/aromatic N) is 3. The molecule has 1 aliphatic rings. The molecule has 2 N–H and O–H groups in total. The molecule has 0 spiro atoms. The molecule has 10 heteroatoms. The third-order valence-electron chi connectivity index (χ3n) is 5.78. The van der Waals surface area contributed by atoms with Crippen LogP contribution in [0.5, 0.6) is 5.75 Å². The first-order valence-corrected chi connectivity index (χ1v) is 12.1. The summed E-state index contributed by atoms with van der Waals surface area (Å²) in [5.74, 6) is 0.923. The summed E-state index contributed by atoms with van der Waals surface area (Å²) in [7, 11) is 0. The molecule has 2 heterocycles. The molecule has 0 saturated heterocycles. The van der Waals surface area contributed by atoms with Crippen molar-refractivity contribution in [3.05, 3.63) is 111 Å². The number of benzene rings is 3. The quantitative estimate of drug-likeness (QED) is 0.283. The summed E-state index contributed by atoms with van der Waals surface area (Å²) in [6, 6.07) is 19.2. The van der Waals surface area contributed by atoms with Crippen molar-refractivity contribution >= 4 is 52.3 Å². The summed E-state index contributed by atoms with van der Waals surface area (Å²) in [6.07, 6.45) is 1.45. The lowest BCUT2D eigenvalue weighted by Gasteiger charge is -2.28. The van der Waals surface area contributed by atoms with E-state index in [0.29, 0.717) is 43.7 Å². The Balaban J connectivity index is 1.41. The van der Waals surface area contributed by atoms with Gasteiger partial charge in [-0.1, -0.05) is 53.0 Å². The van der Waals surface area contributed by atoms with Gasteiger partial charge < -0.3 is 15.4 Å². The summed E-state index contributed by atoms with van der Waals surface area (Å²) in [5, 5.41) is 12.2. The van der Waals surface area contributed by atoms with Crippen molar-refractivity contribution in [2.75, 3.05) is 10.6 Å². The predicted molar refractivity (Wildman–Crippen MR) is 142 cm³/mol. The van der Waals surface area contributed by atoms with Gasteiger partial charge >= 0.3 is 0 Å². The zero-order valence-electron chi connectivity index (χ0n) is 19.0. The minimum Gasteiger partial charge on any atom is -0.489 e. The highest BCUT2D eigenvalue weighted by Gasteiger charge is 2.33. The second-order valence-corrected chi connectivity index (χ2v) is 9.36. The standard InChI is InChI=1S/C26H20Cl3N5O2/c1-15-23(25(35)33-18-9-7-17(27)8-10-18)24(34-26(32-15)30-14-31-34)16-5-11-19(12-6-16)36-13-20-21(28)3-2-4-22(20)29/h2-12,14,24H,13H2,1H3,(H,33,35)(H,30,31,32)/t24-/m1/s1. The minimum absolute atomic E-state index is 0.228. The molecule has 0 fully saturated rings. The number of nitrogens with one attached hydrogen (secondary N) is 2. The van der Waals surface area contributed by atoms with Crippen LogP contribution in [0.4, 0.5) is 11.6 Å². The van der Waals surface area contributed by atoms with Crippen LogP contribution in [0.1, 0.15) is 24.1 Å². The molecule has 5 rings (SSSR count). The normalized spacial score (nSPS) is 14.7. The van der Waals surface area contributed by atoms with Gasteiger partial charge in [0.05, 0.1) is 5.57 Å². The molecule has 182 valence electrons. The largest absolute Gasteiger partial charge is 0.489 e. The first-order valence-electron chi connectivity index (χ1n) is 11.0. The van der Waals surface area contributed by atoms with E-state index in [9.17, 15) is 4.79 Å². The molecule has 1 aliphatic heterocycles. The number of aromatic nitrogens is 3. The van der Waals surface area contributed by atoms with E-state index in [0.717, 1.165) is 11.1 Å². The highest BCUT2D eigenvalue weighted by Crippen LogP contribution is 2.36. The lowest BCUT2D eigenvalue weighted by molar-refractivity contribution is -0.113. The number of hydrogen-bond acceptors (Lipinski definition) is 5. The molecule has 1 aromatic heterocycles. The van der Waals surface area contributed by atoms with Gasteiger partial charge in [0, 0.05) is 32.0 Å². The van der Waals surface area contributed by atoms with Crippen LogP contribution in [0, 0.1) is 0 Å². The third kappa shape index (κ3) is 4.91. The van der Waals surface area contributed by atoms with Crippen LogP contribution in [-0.2, 0) is 11.4 Å². The minimum atomic E-state index is -0.497. The van der Waals surface area contributed by atoms with E-state index in [-0.39, 0.29) is 12.5 Å². The van der Waals surface area contributed by atoms with E-state index >= 15 is 0 Å². The number of halogens is 3. The van der Waals surface area contributed by atoms with E-state index in [1.54, 1.807) is 47.1 Å². The molecule has 0 unspecified atom stereocenters. The number of rotatable bonds is 6. The molecule has 1 atom stereocenters. The smallest absolute Gasteiger partial charge is 0.255 e. The number of ether oxygens (including phenoxy) is 1. The number of carbonyl (C=O) groups excluding carboxylic acids is 1. The Bertz CT molecular complexity index is 1430. The Morgan fingerprint density at radius 1 is 1.03 bits per heavy atom. The maximum Gasteiger partial charge on any atom is 0.255 e. The summed E-state index contributed by atoms with van der Waals surface area (Å²) in [4.78, 5) is 17.7. The van der Waals surface area contributed by atoms with Crippen LogP contribution in [0.2, 0.25) is 15.1 Å². The van der Waals surface area contributed by atoms with Gasteiger partial charge in [-0.2, -0.15) is 10.1 Å². The fraction of sp³-hybridized carbons (Fsp3) is 0.115. The molecule has 0 aliphatic carbocycles. The summed E-state index contributed by atoms with van der Waals surface area (Å²) in [5.41, 5.74) is 3.39. The monoisotopic (exact) mass is 539 g/mol. The van der Waals surface area contributed by atoms with Crippen molar-refractivity contribution in [2.24, 2.45) is 0 Å². The van der Waals surface area contributed by atoms with Gasteiger partial charge in [-0.3, -0.25) is 4.79 Å². The first-order chi connectivity index (χ1) is 17.4. The molecule has 0 bridgehead atoms. The Morgan fingerprint density at radius 3 is 2.42 bits per heavy atom. The molecular formula is C26H20Cl3N5O2. The SMILES string of the molecule is CC1=C(C(=O)Nc2ccc(Cl)cc2)[C@@H](c2ccc(OCc3c(Cl)cccc3Cl)cc2)n2ncnc2N1. The molecule has 0 radical (unpaired) electrons.